The molecule has 134 valence electrons. The second kappa shape index (κ2) is 7.38. The molecule has 0 radical (unpaired) electrons. The maximum Gasteiger partial charge on any atom is 0.244 e. The molecule has 1 saturated heterocycles. The predicted molar refractivity (Wildman–Crippen MR) is 95.5 cm³/mol. The molecule has 0 unspecified atom stereocenters. The molecule has 1 N–H and O–H groups in total. The van der Waals surface area contributed by atoms with Gasteiger partial charge in [-0.25, -0.2) is 8.42 Å². The Morgan fingerprint density at radius 1 is 1.17 bits per heavy atom. The molecule has 0 aromatic heterocycles. The minimum atomic E-state index is -3.65. The van der Waals surface area contributed by atoms with Crippen LogP contribution < -0.4 is 10.1 Å². The summed E-state index contributed by atoms with van der Waals surface area (Å²) in [5, 5.41) is 3.91. The van der Waals surface area contributed by atoms with Gasteiger partial charge in [-0.15, -0.1) is 0 Å². The van der Waals surface area contributed by atoms with E-state index < -0.39 is 10.0 Å². The molecule has 8 heteroatoms. The van der Waals surface area contributed by atoms with E-state index in [0.29, 0.717) is 24.9 Å². The number of halogens is 2. The maximum atomic E-state index is 12.9. The number of hydrogen-bond donors (Lipinski definition) is 1. The topological polar surface area (TPSA) is 58.6 Å². The number of methoxy groups -OCH3 is 1. The Labute approximate surface area is 153 Å². The van der Waals surface area contributed by atoms with Crippen molar-refractivity contribution in [1.29, 1.82) is 0 Å². The van der Waals surface area contributed by atoms with E-state index in [1.165, 1.54) is 36.4 Å². The number of sulfonamides is 1. The highest BCUT2D eigenvalue weighted by Gasteiger charge is 2.32. The molecule has 0 spiro atoms. The maximum absolute atomic E-state index is 12.9. The van der Waals surface area contributed by atoms with Gasteiger partial charge >= 0.3 is 0 Å². The molecule has 2 aliphatic rings. The van der Waals surface area contributed by atoms with Gasteiger partial charge in [-0.2, -0.15) is 4.31 Å². The molecule has 1 aliphatic carbocycles. The highest BCUT2D eigenvalue weighted by molar-refractivity contribution is 7.89. The molecule has 0 amide bonds. The normalized spacial score (nSPS) is 20.3. The van der Waals surface area contributed by atoms with Crippen LogP contribution in [-0.4, -0.2) is 45.5 Å². The summed E-state index contributed by atoms with van der Waals surface area (Å²) in [5.74, 6) is 1.19. The first-order valence-electron chi connectivity index (χ1n) is 8.18. The molecule has 1 aliphatic heterocycles. The number of ether oxygens (including phenoxy) is 1. The summed E-state index contributed by atoms with van der Waals surface area (Å²) in [5.41, 5.74) is 0. The van der Waals surface area contributed by atoms with Crippen molar-refractivity contribution in [2.24, 2.45) is 5.92 Å². The number of benzene rings is 1. The molecule has 0 atom stereocenters. The summed E-state index contributed by atoms with van der Waals surface area (Å²) in [6.45, 7) is 2.03. The Bertz CT molecular complexity index is 700. The van der Waals surface area contributed by atoms with Gasteiger partial charge < -0.3 is 10.1 Å². The van der Waals surface area contributed by atoms with E-state index in [1.807, 2.05) is 0 Å². The van der Waals surface area contributed by atoms with Crippen LogP contribution >= 0.6 is 23.2 Å². The highest BCUT2D eigenvalue weighted by Crippen LogP contribution is 2.35. The van der Waals surface area contributed by atoms with Gasteiger partial charge in [0.25, 0.3) is 0 Å². The third-order valence-electron chi connectivity index (χ3n) is 4.67. The van der Waals surface area contributed by atoms with E-state index in [4.69, 9.17) is 27.9 Å². The minimum absolute atomic E-state index is 0.0411. The van der Waals surface area contributed by atoms with Gasteiger partial charge in [0.1, 0.15) is 10.6 Å². The van der Waals surface area contributed by atoms with E-state index in [0.717, 1.165) is 25.3 Å². The van der Waals surface area contributed by atoms with Crippen LogP contribution in [0, 0.1) is 5.92 Å². The first-order chi connectivity index (χ1) is 11.4. The molecule has 1 aromatic carbocycles. The van der Waals surface area contributed by atoms with Crippen LogP contribution in [0.15, 0.2) is 17.0 Å². The van der Waals surface area contributed by atoms with Crippen molar-refractivity contribution in [2.75, 3.05) is 26.7 Å². The van der Waals surface area contributed by atoms with Crippen molar-refractivity contribution < 1.29 is 13.2 Å². The fraction of sp³-hybridized carbons (Fsp3) is 0.625. The monoisotopic (exact) mass is 392 g/mol. The van der Waals surface area contributed by atoms with Crippen LogP contribution in [0.2, 0.25) is 10.0 Å². The molecule has 1 saturated carbocycles. The van der Waals surface area contributed by atoms with Crippen LogP contribution in [-0.2, 0) is 10.0 Å². The van der Waals surface area contributed by atoms with Gasteiger partial charge in [0.2, 0.25) is 10.0 Å². The first kappa shape index (κ1) is 18.3. The largest absolute Gasteiger partial charge is 0.495 e. The summed E-state index contributed by atoms with van der Waals surface area (Å²) in [6, 6.07) is 3.21. The smallest absolute Gasteiger partial charge is 0.244 e. The van der Waals surface area contributed by atoms with E-state index in [9.17, 15) is 8.42 Å². The van der Waals surface area contributed by atoms with Crippen molar-refractivity contribution in [3.8, 4) is 5.75 Å². The van der Waals surface area contributed by atoms with E-state index in [-0.39, 0.29) is 14.9 Å². The molecular weight excluding hydrogens is 371 g/mol. The second-order valence-electron chi connectivity index (χ2n) is 6.45. The highest BCUT2D eigenvalue weighted by atomic mass is 35.5. The van der Waals surface area contributed by atoms with Crippen molar-refractivity contribution in [2.45, 2.75) is 36.6 Å². The lowest BCUT2D eigenvalue weighted by molar-refractivity contribution is 0.288. The van der Waals surface area contributed by atoms with Gasteiger partial charge in [0, 0.05) is 25.2 Å². The number of nitrogens with zero attached hydrogens (tertiary/aromatic N) is 1. The summed E-state index contributed by atoms with van der Waals surface area (Å²) < 4.78 is 32.3. The van der Waals surface area contributed by atoms with E-state index in [1.54, 1.807) is 0 Å². The Hall–Kier alpha value is -0.530. The van der Waals surface area contributed by atoms with Gasteiger partial charge in [-0.05, 0) is 44.2 Å². The molecule has 2 fully saturated rings. The van der Waals surface area contributed by atoms with Crippen LogP contribution in [0.5, 0.6) is 5.75 Å². The SMILES string of the molecule is COc1cc(Cl)c(S(=O)(=O)N2CCC(NCC3CC3)CC2)cc1Cl. The fourth-order valence-electron chi connectivity index (χ4n) is 2.96. The Morgan fingerprint density at radius 2 is 1.83 bits per heavy atom. The van der Waals surface area contributed by atoms with Crippen molar-refractivity contribution in [1.82, 2.24) is 9.62 Å². The van der Waals surface area contributed by atoms with Gasteiger partial charge in [-0.3, -0.25) is 0 Å². The van der Waals surface area contributed by atoms with Crippen LogP contribution in [0.3, 0.4) is 0 Å². The zero-order chi connectivity index (χ0) is 17.3. The van der Waals surface area contributed by atoms with Crippen LogP contribution in [0.25, 0.3) is 0 Å². The average molecular weight is 393 g/mol. The van der Waals surface area contributed by atoms with Gasteiger partial charge in [0.15, 0.2) is 0 Å². The number of rotatable bonds is 6. The standard InChI is InChI=1S/C16H22Cl2N2O3S/c1-23-15-8-14(18)16(9-13(15)17)24(21,22)20-6-4-12(5-7-20)19-10-11-2-3-11/h8-9,11-12,19H,2-7,10H2,1H3. The lowest BCUT2D eigenvalue weighted by atomic mass is 10.1. The molecule has 24 heavy (non-hydrogen) atoms. The number of nitrogens with one attached hydrogen (secondary N) is 1. The third-order valence-corrected chi connectivity index (χ3v) is 7.33. The molecule has 3 rings (SSSR count). The lowest BCUT2D eigenvalue weighted by Crippen LogP contribution is -2.45. The number of piperidine rings is 1. The molecule has 1 aromatic rings. The average Bonchev–Trinajstić information content (AvgIpc) is 3.39. The summed E-state index contributed by atoms with van der Waals surface area (Å²) in [4.78, 5) is 0.0411. The molecular formula is C16H22Cl2N2O3S. The van der Waals surface area contributed by atoms with E-state index in [2.05, 4.69) is 5.32 Å². The zero-order valence-corrected chi connectivity index (χ0v) is 15.9. The molecule has 1 heterocycles. The zero-order valence-electron chi connectivity index (χ0n) is 13.6. The Kier molecular flexibility index (Phi) is 5.62. The van der Waals surface area contributed by atoms with E-state index >= 15 is 0 Å². The molecule has 0 bridgehead atoms. The summed E-state index contributed by atoms with van der Waals surface area (Å²) in [7, 11) is -2.19. The molecule has 5 nitrogen and oxygen atoms in total. The van der Waals surface area contributed by atoms with Crippen molar-refractivity contribution >= 4 is 33.2 Å². The summed E-state index contributed by atoms with van der Waals surface area (Å²) in [6.07, 6.45) is 4.26. The quantitative estimate of drug-likeness (QED) is 0.807. The van der Waals surface area contributed by atoms with Gasteiger partial charge in [0.05, 0.1) is 17.2 Å². The van der Waals surface area contributed by atoms with Crippen molar-refractivity contribution in [3.63, 3.8) is 0 Å². The third kappa shape index (κ3) is 3.99. The Balaban J connectivity index is 1.68. The first-order valence-corrected chi connectivity index (χ1v) is 10.4. The van der Waals surface area contributed by atoms with Crippen LogP contribution in [0.1, 0.15) is 25.7 Å². The number of hydrogen-bond acceptors (Lipinski definition) is 4. The van der Waals surface area contributed by atoms with Gasteiger partial charge in [-0.1, -0.05) is 23.2 Å². The second-order valence-corrected chi connectivity index (χ2v) is 9.17. The lowest BCUT2D eigenvalue weighted by Gasteiger charge is -2.32. The fourth-order valence-corrected chi connectivity index (χ4v) is 5.25. The van der Waals surface area contributed by atoms with Crippen LogP contribution in [0.4, 0.5) is 0 Å². The Morgan fingerprint density at radius 3 is 2.42 bits per heavy atom. The summed E-state index contributed by atoms with van der Waals surface area (Å²) >= 11 is 12.2. The predicted octanol–water partition coefficient (Wildman–Crippen LogP) is 3.15. The van der Waals surface area contributed by atoms with Crippen molar-refractivity contribution in [3.05, 3.63) is 22.2 Å². The minimum Gasteiger partial charge on any atom is -0.495 e.